The molecule has 16 heteroatoms. The van der Waals surface area contributed by atoms with E-state index in [1.807, 2.05) is 54.6 Å². The number of hydrogen-bond acceptors (Lipinski definition) is 9. The highest BCUT2D eigenvalue weighted by molar-refractivity contribution is 7.84. The molecule has 4 aromatic carbocycles. The largest absolute Gasteiger partial charge is 0.495 e. The number of carbonyl (C=O) groups excluding carboxylic acids is 1. The van der Waals surface area contributed by atoms with E-state index in [1.165, 1.54) is 12.7 Å². The van der Waals surface area contributed by atoms with Crippen LogP contribution in [0.2, 0.25) is 10.0 Å². The van der Waals surface area contributed by atoms with Gasteiger partial charge in [-0.05, 0) is 91.0 Å². The maximum absolute atomic E-state index is 13.7. The van der Waals surface area contributed by atoms with Gasteiger partial charge in [0.25, 0.3) is 5.91 Å². The highest BCUT2D eigenvalue weighted by Crippen LogP contribution is 2.35. The molecule has 1 heterocycles. The molecule has 57 heavy (non-hydrogen) atoms. The SMILES string of the molecule is COc1c(C#N)cc2ccccc2c1C(=O)NCC(CCN1CCC(c2ccccc2S(C)=O)CC1)c1ccc(Cl)c(Cl)c1.O=C(O)CC(O)(CC(=O)O)C(=O)O. The van der Waals surface area contributed by atoms with Crippen molar-refractivity contribution in [2.75, 3.05) is 39.5 Å². The number of halogens is 2. The molecule has 2 unspecified atom stereocenters. The van der Waals surface area contributed by atoms with Crippen molar-refractivity contribution in [2.24, 2.45) is 0 Å². The summed E-state index contributed by atoms with van der Waals surface area (Å²) < 4.78 is 17.9. The monoisotopic (exact) mass is 839 g/mol. The number of aliphatic carboxylic acids is 3. The Morgan fingerprint density at radius 3 is 2.18 bits per heavy atom. The van der Waals surface area contributed by atoms with Gasteiger partial charge in [-0.1, -0.05) is 71.7 Å². The number of nitriles is 1. The predicted molar refractivity (Wildman–Crippen MR) is 216 cm³/mol. The zero-order valence-electron chi connectivity index (χ0n) is 31.2. The van der Waals surface area contributed by atoms with Crippen molar-refractivity contribution in [3.63, 3.8) is 0 Å². The van der Waals surface area contributed by atoms with Gasteiger partial charge in [0.2, 0.25) is 0 Å². The molecule has 0 aliphatic carbocycles. The Kier molecular flexibility index (Phi) is 16.0. The van der Waals surface area contributed by atoms with E-state index >= 15 is 0 Å². The highest BCUT2D eigenvalue weighted by Gasteiger charge is 2.40. The molecule has 2 atom stereocenters. The van der Waals surface area contributed by atoms with Crippen LogP contribution >= 0.6 is 23.2 Å². The number of methoxy groups -OCH3 is 1. The Hall–Kier alpha value is -5.04. The maximum Gasteiger partial charge on any atom is 0.336 e. The number of carboxylic acid groups (broad SMARTS) is 3. The average molecular weight is 841 g/mol. The molecule has 1 amide bonds. The van der Waals surface area contributed by atoms with Gasteiger partial charge >= 0.3 is 17.9 Å². The second kappa shape index (κ2) is 20.4. The molecular weight excluding hydrogens is 797 g/mol. The van der Waals surface area contributed by atoms with Crippen LogP contribution in [0.15, 0.2) is 77.7 Å². The standard InChI is InChI=1S/C35H35Cl2N3O3S.C6H8O7/c1-43-34-27(21-38)19-25-7-3-4-9-29(25)33(34)35(41)39-22-26(24-11-12-30(36)31(37)20-24)15-18-40-16-13-23(14-17-40)28-8-5-6-10-32(28)44(2)42;7-3(8)1-6(13,5(11)12)2-4(9)10/h3-12,19-20,23,26H,13-18,22H2,1-2H3,(H,39,41);13H,1-2H2,(H,7,8)(H,9,10)(H,11,12). The smallest absolute Gasteiger partial charge is 0.336 e. The van der Waals surface area contributed by atoms with Crippen molar-refractivity contribution < 1.29 is 48.6 Å². The zero-order valence-corrected chi connectivity index (χ0v) is 33.6. The number of hydrogen-bond donors (Lipinski definition) is 5. The highest BCUT2D eigenvalue weighted by atomic mass is 35.5. The summed E-state index contributed by atoms with van der Waals surface area (Å²) in [6.45, 7) is 3.11. The van der Waals surface area contributed by atoms with Gasteiger partial charge in [-0.15, -0.1) is 0 Å². The van der Waals surface area contributed by atoms with E-state index in [1.54, 1.807) is 18.4 Å². The summed E-state index contributed by atoms with van der Waals surface area (Å²) >= 11 is 12.6. The Morgan fingerprint density at radius 1 is 0.965 bits per heavy atom. The first-order valence-electron chi connectivity index (χ1n) is 17.9. The first-order chi connectivity index (χ1) is 27.1. The molecule has 1 saturated heterocycles. The Bertz CT molecular complexity index is 2170. The molecule has 302 valence electrons. The number of nitrogens with zero attached hydrogens (tertiary/aromatic N) is 2. The van der Waals surface area contributed by atoms with Crippen molar-refractivity contribution in [1.29, 1.82) is 5.26 Å². The number of benzene rings is 4. The second-order valence-electron chi connectivity index (χ2n) is 13.6. The third-order valence-corrected chi connectivity index (χ3v) is 11.5. The van der Waals surface area contributed by atoms with Gasteiger partial charge < -0.3 is 35.4 Å². The number of fused-ring (bicyclic) bond motifs is 1. The number of rotatable bonds is 15. The topological polar surface area (TPSA) is 215 Å². The van der Waals surface area contributed by atoms with E-state index in [4.69, 9.17) is 48.4 Å². The summed E-state index contributed by atoms with van der Waals surface area (Å²) in [6, 6.07) is 25.1. The van der Waals surface area contributed by atoms with Crippen LogP contribution in [0.3, 0.4) is 0 Å². The number of amides is 1. The number of carboxylic acids is 3. The summed E-state index contributed by atoms with van der Waals surface area (Å²) in [5.74, 6) is -4.68. The summed E-state index contributed by atoms with van der Waals surface area (Å²) in [7, 11) is 0.466. The minimum atomic E-state index is -2.74. The Balaban J connectivity index is 0.000000476. The van der Waals surface area contributed by atoms with Crippen LogP contribution in [-0.2, 0) is 25.2 Å². The quantitative estimate of drug-likeness (QED) is 0.0892. The molecular formula is C41H43Cl2N3O10S. The lowest BCUT2D eigenvalue weighted by Gasteiger charge is -2.33. The third-order valence-electron chi connectivity index (χ3n) is 9.81. The summed E-state index contributed by atoms with van der Waals surface area (Å²) in [6.07, 6.45) is 2.27. The van der Waals surface area contributed by atoms with Crippen LogP contribution in [0, 0.1) is 11.3 Å². The molecule has 0 bridgehead atoms. The molecule has 5 N–H and O–H groups in total. The summed E-state index contributed by atoms with van der Waals surface area (Å²) in [5, 5.41) is 49.2. The fourth-order valence-electron chi connectivity index (χ4n) is 6.91. The summed E-state index contributed by atoms with van der Waals surface area (Å²) in [5.41, 5.74) is 0.126. The maximum atomic E-state index is 13.7. The molecule has 13 nitrogen and oxygen atoms in total. The van der Waals surface area contributed by atoms with E-state index in [9.17, 15) is 28.6 Å². The first kappa shape index (κ1) is 44.7. The van der Waals surface area contributed by atoms with Crippen LogP contribution < -0.4 is 10.1 Å². The second-order valence-corrected chi connectivity index (χ2v) is 15.8. The van der Waals surface area contributed by atoms with Gasteiger partial charge in [0.15, 0.2) is 5.60 Å². The summed E-state index contributed by atoms with van der Waals surface area (Å²) in [4.78, 5) is 47.6. The first-order valence-corrected chi connectivity index (χ1v) is 20.2. The zero-order chi connectivity index (χ0) is 41.9. The van der Waals surface area contributed by atoms with Crippen molar-refractivity contribution in [2.45, 2.75) is 54.4 Å². The van der Waals surface area contributed by atoms with Crippen LogP contribution in [-0.4, -0.2) is 98.5 Å². The molecule has 0 radical (unpaired) electrons. The van der Waals surface area contributed by atoms with Gasteiger partial charge in [-0.2, -0.15) is 5.26 Å². The minimum Gasteiger partial charge on any atom is -0.495 e. The number of likely N-dealkylation sites (tertiary alicyclic amines) is 1. The van der Waals surface area contributed by atoms with Gasteiger partial charge in [-0.3, -0.25) is 18.6 Å². The van der Waals surface area contributed by atoms with E-state index in [-0.39, 0.29) is 17.6 Å². The predicted octanol–water partition coefficient (Wildman–Crippen LogP) is 6.30. The molecule has 1 aliphatic rings. The van der Waals surface area contributed by atoms with E-state index in [0.29, 0.717) is 33.6 Å². The minimum absolute atomic E-state index is 0.0221. The van der Waals surface area contributed by atoms with Gasteiger partial charge in [0.05, 0.1) is 51.9 Å². The number of ether oxygens (including phenoxy) is 1. The molecule has 1 aliphatic heterocycles. The number of carbonyl (C=O) groups is 4. The van der Waals surface area contributed by atoms with Crippen molar-refractivity contribution in [1.82, 2.24) is 10.2 Å². The average Bonchev–Trinajstić information content (AvgIpc) is 3.17. The number of nitrogens with one attached hydrogen (secondary N) is 1. The van der Waals surface area contributed by atoms with Crippen LogP contribution in [0.4, 0.5) is 0 Å². The van der Waals surface area contributed by atoms with E-state index in [0.717, 1.165) is 60.1 Å². The molecule has 1 fully saturated rings. The van der Waals surface area contributed by atoms with Crippen molar-refractivity contribution in [3.8, 4) is 11.8 Å². The fourth-order valence-corrected chi connectivity index (χ4v) is 8.05. The van der Waals surface area contributed by atoms with Crippen LogP contribution in [0.1, 0.15) is 71.0 Å². The Labute approximate surface area is 342 Å². The molecule has 5 rings (SSSR count). The lowest BCUT2D eigenvalue weighted by Crippen LogP contribution is -2.42. The molecule has 0 saturated carbocycles. The van der Waals surface area contributed by atoms with Gasteiger partial charge in [-0.25, -0.2) is 4.79 Å². The third kappa shape index (κ3) is 11.8. The fraction of sp³-hybridized carbons (Fsp3) is 0.341. The van der Waals surface area contributed by atoms with Crippen molar-refractivity contribution in [3.05, 3.63) is 105 Å². The van der Waals surface area contributed by atoms with Gasteiger partial charge in [0.1, 0.15) is 11.8 Å². The lowest BCUT2D eigenvalue weighted by molar-refractivity contribution is -0.170. The lowest BCUT2D eigenvalue weighted by atomic mass is 9.88. The number of piperidine rings is 1. The molecule has 4 aromatic rings. The number of aliphatic hydroxyl groups is 1. The van der Waals surface area contributed by atoms with E-state index in [2.05, 4.69) is 22.4 Å². The molecule has 0 aromatic heterocycles. The van der Waals surface area contributed by atoms with E-state index < -0.39 is 47.2 Å². The van der Waals surface area contributed by atoms with Gasteiger partial charge in [0, 0.05) is 23.6 Å². The Morgan fingerprint density at radius 2 is 1.60 bits per heavy atom. The normalized spacial score (nSPS) is 14.4. The van der Waals surface area contributed by atoms with Crippen molar-refractivity contribution >= 4 is 68.6 Å². The molecule has 0 spiro atoms. The van der Waals surface area contributed by atoms with Crippen LogP contribution in [0.25, 0.3) is 10.8 Å². The van der Waals surface area contributed by atoms with Crippen LogP contribution in [0.5, 0.6) is 5.75 Å².